The second kappa shape index (κ2) is 7.12. The fourth-order valence-corrected chi connectivity index (χ4v) is 2.40. The maximum atomic E-state index is 12.6. The highest BCUT2D eigenvalue weighted by molar-refractivity contribution is 7.97. The number of carbonyl (C=O) groups excluding carboxylic acids is 1. The van der Waals surface area contributed by atoms with Gasteiger partial charge in [0.25, 0.3) is 5.91 Å². The molecule has 1 amide bonds. The monoisotopic (exact) mass is 347 g/mol. The quantitative estimate of drug-likeness (QED) is 0.872. The van der Waals surface area contributed by atoms with Crippen molar-refractivity contribution in [1.29, 1.82) is 0 Å². The zero-order valence-electron chi connectivity index (χ0n) is 12.6. The van der Waals surface area contributed by atoms with Crippen LogP contribution in [0.5, 0.6) is 0 Å². The van der Waals surface area contributed by atoms with E-state index in [-0.39, 0.29) is 18.8 Å². The van der Waals surface area contributed by atoms with E-state index >= 15 is 0 Å². The number of furan rings is 1. The summed E-state index contributed by atoms with van der Waals surface area (Å²) in [5.74, 6) is 1.14. The lowest BCUT2D eigenvalue weighted by molar-refractivity contribution is -0.141. The van der Waals surface area contributed by atoms with Crippen LogP contribution in [0.4, 0.5) is 13.2 Å². The summed E-state index contributed by atoms with van der Waals surface area (Å²) in [6.07, 6.45) is -2.55. The fraction of sp³-hybridized carbons (Fsp3) is 0.429. The Hall–Kier alpha value is -1.90. The summed E-state index contributed by atoms with van der Waals surface area (Å²) >= 11 is 1.57. The second-order valence-electron chi connectivity index (χ2n) is 4.85. The molecule has 0 fully saturated rings. The molecule has 2 heterocycles. The number of hydrogen-bond acceptors (Lipinski definition) is 4. The molecule has 0 atom stereocenters. The predicted octanol–water partition coefficient (Wildman–Crippen LogP) is 3.10. The van der Waals surface area contributed by atoms with Crippen LogP contribution in [0, 0.1) is 6.92 Å². The number of aromatic nitrogens is 2. The number of thioether (sulfide) groups is 1. The summed E-state index contributed by atoms with van der Waals surface area (Å²) < 4.78 is 44.2. The Labute approximate surface area is 135 Å². The van der Waals surface area contributed by atoms with Crippen molar-refractivity contribution < 1.29 is 22.4 Å². The van der Waals surface area contributed by atoms with Crippen molar-refractivity contribution in [1.82, 2.24) is 15.1 Å². The lowest BCUT2D eigenvalue weighted by Crippen LogP contribution is -2.27. The third-order valence-electron chi connectivity index (χ3n) is 3.05. The minimum absolute atomic E-state index is 0.145. The van der Waals surface area contributed by atoms with Crippen LogP contribution >= 0.6 is 11.8 Å². The van der Waals surface area contributed by atoms with Crippen LogP contribution < -0.4 is 5.32 Å². The van der Waals surface area contributed by atoms with Gasteiger partial charge in [0.15, 0.2) is 11.5 Å². The molecule has 2 aromatic heterocycles. The smallest absolute Gasteiger partial charge is 0.435 e. The molecule has 5 nitrogen and oxygen atoms in total. The molecule has 126 valence electrons. The van der Waals surface area contributed by atoms with E-state index in [1.165, 1.54) is 11.6 Å². The number of alkyl halides is 3. The van der Waals surface area contributed by atoms with E-state index in [0.29, 0.717) is 17.2 Å². The molecule has 9 heteroatoms. The van der Waals surface area contributed by atoms with E-state index in [1.54, 1.807) is 23.9 Å². The summed E-state index contributed by atoms with van der Waals surface area (Å²) in [7, 11) is 0. The number of nitrogens with zero attached hydrogens (tertiary/aromatic N) is 2. The number of nitrogens with one attached hydrogen (secondary N) is 1. The zero-order chi connectivity index (χ0) is 17.0. The number of carbonyl (C=O) groups is 1. The van der Waals surface area contributed by atoms with Crippen LogP contribution in [0.2, 0.25) is 0 Å². The number of rotatable bonds is 6. The van der Waals surface area contributed by atoms with E-state index in [2.05, 4.69) is 10.4 Å². The van der Waals surface area contributed by atoms with Gasteiger partial charge in [-0.05, 0) is 31.4 Å². The molecule has 2 aromatic rings. The molecule has 0 aliphatic heterocycles. The van der Waals surface area contributed by atoms with Crippen molar-refractivity contribution >= 4 is 17.7 Å². The van der Waals surface area contributed by atoms with E-state index in [0.717, 1.165) is 6.07 Å². The molecule has 2 rings (SSSR count). The molecule has 0 aromatic carbocycles. The Morgan fingerprint density at radius 1 is 1.43 bits per heavy atom. The van der Waals surface area contributed by atoms with Crippen molar-refractivity contribution in [3.8, 4) is 0 Å². The van der Waals surface area contributed by atoms with Gasteiger partial charge in [0.2, 0.25) is 0 Å². The highest BCUT2D eigenvalue weighted by Crippen LogP contribution is 2.28. The molecule has 0 saturated carbocycles. The van der Waals surface area contributed by atoms with Crippen LogP contribution in [0.25, 0.3) is 0 Å². The summed E-state index contributed by atoms with van der Waals surface area (Å²) in [5.41, 5.74) is -0.555. The van der Waals surface area contributed by atoms with Gasteiger partial charge < -0.3 is 9.73 Å². The first-order valence-electron chi connectivity index (χ1n) is 6.78. The molecular formula is C14H16F3N3O2S. The highest BCUT2D eigenvalue weighted by Gasteiger charge is 2.34. The fourth-order valence-electron chi connectivity index (χ4n) is 1.96. The molecule has 0 unspecified atom stereocenters. The van der Waals surface area contributed by atoms with E-state index in [9.17, 15) is 18.0 Å². The first-order chi connectivity index (χ1) is 10.8. The van der Waals surface area contributed by atoms with Crippen LogP contribution in [-0.2, 0) is 18.5 Å². The first-order valence-corrected chi connectivity index (χ1v) is 8.18. The van der Waals surface area contributed by atoms with Crippen molar-refractivity contribution in [2.45, 2.75) is 25.4 Å². The number of aryl methyl sites for hydroxylation is 1. The van der Waals surface area contributed by atoms with Gasteiger partial charge in [-0.1, -0.05) is 0 Å². The molecule has 23 heavy (non-hydrogen) atoms. The van der Waals surface area contributed by atoms with E-state index in [4.69, 9.17) is 4.42 Å². The van der Waals surface area contributed by atoms with Gasteiger partial charge in [-0.2, -0.15) is 30.0 Å². The molecule has 1 N–H and O–H groups in total. The van der Waals surface area contributed by atoms with Crippen molar-refractivity contribution in [3.05, 3.63) is 41.1 Å². The van der Waals surface area contributed by atoms with Gasteiger partial charge >= 0.3 is 6.18 Å². The van der Waals surface area contributed by atoms with Crippen LogP contribution in [0.1, 0.15) is 27.7 Å². The zero-order valence-corrected chi connectivity index (χ0v) is 13.4. The predicted molar refractivity (Wildman–Crippen MR) is 80.2 cm³/mol. The normalized spacial score (nSPS) is 11.7. The van der Waals surface area contributed by atoms with Crippen molar-refractivity contribution in [2.75, 3.05) is 12.8 Å². The minimum Gasteiger partial charge on any atom is -0.455 e. The standard InChI is InChI=1S/C14H16F3N3O2S/c1-9-7-12(14(15,16)17)19-20(9)6-5-18-13(21)11-4-3-10(22-11)8-23-2/h3-4,7H,5-6,8H2,1-2H3,(H,18,21). The van der Waals surface area contributed by atoms with Gasteiger partial charge in [-0.15, -0.1) is 0 Å². The Morgan fingerprint density at radius 3 is 2.78 bits per heavy atom. The molecule has 0 radical (unpaired) electrons. The van der Waals surface area contributed by atoms with Gasteiger partial charge in [-0.25, -0.2) is 0 Å². The van der Waals surface area contributed by atoms with Gasteiger partial charge in [-0.3, -0.25) is 9.48 Å². The lowest BCUT2D eigenvalue weighted by atomic mass is 10.3. The molecule has 0 saturated heterocycles. The topological polar surface area (TPSA) is 60.1 Å². The van der Waals surface area contributed by atoms with E-state index in [1.807, 2.05) is 6.26 Å². The summed E-state index contributed by atoms with van der Waals surface area (Å²) in [6.45, 7) is 1.83. The minimum atomic E-state index is -4.47. The Kier molecular flexibility index (Phi) is 5.40. The van der Waals surface area contributed by atoms with Gasteiger partial charge in [0.05, 0.1) is 12.3 Å². The molecule has 0 bridgehead atoms. The highest BCUT2D eigenvalue weighted by atomic mass is 32.2. The van der Waals surface area contributed by atoms with Crippen LogP contribution in [0.3, 0.4) is 0 Å². The SMILES string of the molecule is CSCc1ccc(C(=O)NCCn2nc(C(F)(F)F)cc2C)o1. The Balaban J connectivity index is 1.89. The van der Waals surface area contributed by atoms with Crippen LogP contribution in [0.15, 0.2) is 22.6 Å². The molecule has 0 aliphatic carbocycles. The summed E-state index contributed by atoms with van der Waals surface area (Å²) in [5, 5.41) is 6.09. The maximum Gasteiger partial charge on any atom is 0.435 e. The average Bonchev–Trinajstić information content (AvgIpc) is 3.06. The Bertz CT molecular complexity index is 679. The number of hydrogen-bond donors (Lipinski definition) is 1. The molecular weight excluding hydrogens is 331 g/mol. The third-order valence-corrected chi connectivity index (χ3v) is 3.63. The first kappa shape index (κ1) is 17.5. The second-order valence-corrected chi connectivity index (χ2v) is 5.71. The maximum absolute atomic E-state index is 12.6. The summed E-state index contributed by atoms with van der Waals surface area (Å²) in [4.78, 5) is 11.9. The van der Waals surface area contributed by atoms with Gasteiger partial charge in [0.1, 0.15) is 5.76 Å². The average molecular weight is 347 g/mol. The molecule has 0 aliphatic rings. The lowest BCUT2D eigenvalue weighted by Gasteiger charge is -2.06. The third kappa shape index (κ3) is 4.54. The largest absolute Gasteiger partial charge is 0.455 e. The summed E-state index contributed by atoms with van der Waals surface area (Å²) in [6, 6.07) is 4.27. The van der Waals surface area contributed by atoms with Crippen molar-refractivity contribution in [3.63, 3.8) is 0 Å². The van der Waals surface area contributed by atoms with Gasteiger partial charge in [0, 0.05) is 12.2 Å². The van der Waals surface area contributed by atoms with Crippen molar-refractivity contribution in [2.24, 2.45) is 0 Å². The molecule has 0 spiro atoms. The van der Waals surface area contributed by atoms with Crippen LogP contribution in [-0.4, -0.2) is 28.5 Å². The van der Waals surface area contributed by atoms with E-state index < -0.39 is 17.8 Å². The number of halogens is 3. The number of amides is 1. The Morgan fingerprint density at radius 2 is 2.17 bits per heavy atom.